The van der Waals surface area contributed by atoms with E-state index in [9.17, 15) is 0 Å². The molecule has 2 N–H and O–H groups in total. The lowest BCUT2D eigenvalue weighted by Gasteiger charge is -2.17. The van der Waals surface area contributed by atoms with E-state index in [4.69, 9.17) is 5.11 Å². The second kappa shape index (κ2) is 4.42. The molecular formula is C11H16N2O. The molecule has 0 bridgehead atoms. The quantitative estimate of drug-likeness (QED) is 0.760. The van der Waals surface area contributed by atoms with Crippen LogP contribution in [0.3, 0.4) is 0 Å². The topological polar surface area (TPSA) is 45.2 Å². The van der Waals surface area contributed by atoms with Crippen LogP contribution in [0, 0.1) is 0 Å². The number of nitrogens with zero attached hydrogens (tertiary/aromatic N) is 1. The molecule has 1 aliphatic heterocycles. The van der Waals surface area contributed by atoms with E-state index in [1.165, 1.54) is 12.0 Å². The van der Waals surface area contributed by atoms with E-state index < -0.39 is 0 Å². The van der Waals surface area contributed by atoms with Crippen molar-refractivity contribution in [2.24, 2.45) is 0 Å². The first-order valence-electron chi connectivity index (χ1n) is 5.23. The zero-order valence-corrected chi connectivity index (χ0v) is 8.29. The summed E-state index contributed by atoms with van der Waals surface area (Å²) in [7, 11) is 0. The number of hydrogen-bond donors (Lipinski definition) is 2. The number of aromatic nitrogens is 1. The summed E-state index contributed by atoms with van der Waals surface area (Å²) >= 11 is 0. The fourth-order valence-corrected chi connectivity index (χ4v) is 1.77. The van der Waals surface area contributed by atoms with E-state index in [-0.39, 0.29) is 6.61 Å². The van der Waals surface area contributed by atoms with Crippen LogP contribution >= 0.6 is 0 Å². The molecule has 3 heteroatoms. The van der Waals surface area contributed by atoms with Crippen molar-refractivity contribution in [3.05, 3.63) is 23.4 Å². The maximum Gasteiger partial charge on any atom is 0.129 e. The molecule has 0 aromatic carbocycles. The molecule has 1 aromatic heterocycles. The van der Waals surface area contributed by atoms with Crippen molar-refractivity contribution < 1.29 is 5.11 Å². The lowest BCUT2D eigenvalue weighted by atomic mass is 10.1. The summed E-state index contributed by atoms with van der Waals surface area (Å²) in [6.45, 7) is 1.27. The van der Waals surface area contributed by atoms with Crippen molar-refractivity contribution in [3.8, 4) is 0 Å². The molecule has 76 valence electrons. The largest absolute Gasteiger partial charge is 0.396 e. The number of nitrogens with one attached hydrogen (secondary N) is 1. The number of aliphatic hydroxyl groups excluding tert-OH is 1. The highest BCUT2D eigenvalue weighted by molar-refractivity contribution is 5.46. The predicted molar refractivity (Wildman–Crippen MR) is 56.5 cm³/mol. The Labute approximate surface area is 84.2 Å². The van der Waals surface area contributed by atoms with Crippen molar-refractivity contribution in [2.75, 3.05) is 18.5 Å². The molecule has 1 aromatic rings. The third-order valence-corrected chi connectivity index (χ3v) is 2.54. The second-order valence-corrected chi connectivity index (χ2v) is 3.67. The molecule has 0 radical (unpaired) electrons. The van der Waals surface area contributed by atoms with Gasteiger partial charge in [-0.3, -0.25) is 0 Å². The third kappa shape index (κ3) is 2.04. The maximum atomic E-state index is 8.72. The van der Waals surface area contributed by atoms with Crippen LogP contribution in [0.1, 0.15) is 24.1 Å². The summed E-state index contributed by atoms with van der Waals surface area (Å²) in [4.78, 5) is 4.53. The van der Waals surface area contributed by atoms with Gasteiger partial charge in [-0.25, -0.2) is 4.98 Å². The highest BCUT2D eigenvalue weighted by atomic mass is 16.2. The number of aryl methyl sites for hydroxylation is 2. The molecule has 0 spiro atoms. The lowest BCUT2D eigenvalue weighted by Crippen LogP contribution is -2.14. The fraction of sp³-hybridized carbons (Fsp3) is 0.545. The molecule has 2 heterocycles. The van der Waals surface area contributed by atoms with Crippen LogP contribution in [-0.2, 0) is 12.8 Å². The van der Waals surface area contributed by atoms with Crippen LogP contribution < -0.4 is 5.32 Å². The summed E-state index contributed by atoms with van der Waals surface area (Å²) in [5, 5.41) is 12.0. The summed E-state index contributed by atoms with van der Waals surface area (Å²) in [6.07, 6.45) is 4.00. The number of aliphatic hydroxyl groups is 1. The smallest absolute Gasteiger partial charge is 0.129 e. The zero-order valence-electron chi connectivity index (χ0n) is 8.29. The molecule has 0 amide bonds. The Morgan fingerprint density at radius 1 is 1.43 bits per heavy atom. The monoisotopic (exact) mass is 192 g/mol. The van der Waals surface area contributed by atoms with Crippen LogP contribution in [0.5, 0.6) is 0 Å². The van der Waals surface area contributed by atoms with Crippen LogP contribution in [0.2, 0.25) is 0 Å². The van der Waals surface area contributed by atoms with Crippen molar-refractivity contribution in [1.82, 2.24) is 4.98 Å². The van der Waals surface area contributed by atoms with E-state index in [1.54, 1.807) is 0 Å². The Balaban J connectivity index is 2.12. The van der Waals surface area contributed by atoms with Gasteiger partial charge in [0.25, 0.3) is 0 Å². The van der Waals surface area contributed by atoms with E-state index in [0.29, 0.717) is 0 Å². The molecule has 0 aliphatic carbocycles. The number of fused-ring (bicyclic) bond motifs is 1. The lowest BCUT2D eigenvalue weighted by molar-refractivity contribution is 0.288. The van der Waals surface area contributed by atoms with E-state index in [0.717, 1.165) is 37.3 Å². The standard InChI is InChI=1S/C11H16N2O/c14-8-2-4-10-6-5-9-3-1-7-12-11(9)13-10/h5-6,14H,1-4,7-8H2,(H,12,13). The van der Waals surface area contributed by atoms with Gasteiger partial charge in [-0.2, -0.15) is 0 Å². The minimum Gasteiger partial charge on any atom is -0.396 e. The summed E-state index contributed by atoms with van der Waals surface area (Å²) in [6, 6.07) is 4.22. The molecule has 3 nitrogen and oxygen atoms in total. The first-order valence-corrected chi connectivity index (χ1v) is 5.23. The van der Waals surface area contributed by atoms with Crippen LogP contribution in [0.25, 0.3) is 0 Å². The van der Waals surface area contributed by atoms with Gasteiger partial charge in [-0.1, -0.05) is 6.07 Å². The molecule has 14 heavy (non-hydrogen) atoms. The van der Waals surface area contributed by atoms with Crippen molar-refractivity contribution in [3.63, 3.8) is 0 Å². The number of anilines is 1. The summed E-state index contributed by atoms with van der Waals surface area (Å²) < 4.78 is 0. The molecule has 0 saturated heterocycles. The summed E-state index contributed by atoms with van der Waals surface area (Å²) in [5.41, 5.74) is 2.40. The Morgan fingerprint density at radius 2 is 2.36 bits per heavy atom. The minimum absolute atomic E-state index is 0.242. The number of pyridine rings is 1. The molecule has 0 fully saturated rings. The zero-order chi connectivity index (χ0) is 9.80. The number of rotatable bonds is 3. The molecular weight excluding hydrogens is 176 g/mol. The average Bonchev–Trinajstić information content (AvgIpc) is 2.26. The highest BCUT2D eigenvalue weighted by Crippen LogP contribution is 2.19. The van der Waals surface area contributed by atoms with Crippen LogP contribution in [-0.4, -0.2) is 23.2 Å². The number of hydrogen-bond acceptors (Lipinski definition) is 3. The fourth-order valence-electron chi connectivity index (χ4n) is 1.77. The minimum atomic E-state index is 0.242. The van der Waals surface area contributed by atoms with Crippen molar-refractivity contribution in [2.45, 2.75) is 25.7 Å². The molecule has 0 atom stereocenters. The molecule has 2 rings (SSSR count). The Kier molecular flexibility index (Phi) is 2.99. The Morgan fingerprint density at radius 3 is 3.21 bits per heavy atom. The van der Waals surface area contributed by atoms with Crippen molar-refractivity contribution in [1.29, 1.82) is 0 Å². The van der Waals surface area contributed by atoms with Gasteiger partial charge in [0.15, 0.2) is 0 Å². The van der Waals surface area contributed by atoms with Gasteiger partial charge in [0.05, 0.1) is 0 Å². The third-order valence-electron chi connectivity index (χ3n) is 2.54. The van der Waals surface area contributed by atoms with Gasteiger partial charge in [0.2, 0.25) is 0 Å². The Hall–Kier alpha value is -1.09. The van der Waals surface area contributed by atoms with Gasteiger partial charge in [0, 0.05) is 18.8 Å². The van der Waals surface area contributed by atoms with Gasteiger partial charge in [-0.15, -0.1) is 0 Å². The van der Waals surface area contributed by atoms with Crippen LogP contribution in [0.15, 0.2) is 12.1 Å². The second-order valence-electron chi connectivity index (χ2n) is 3.67. The van der Waals surface area contributed by atoms with Gasteiger partial charge >= 0.3 is 0 Å². The highest BCUT2D eigenvalue weighted by Gasteiger charge is 2.09. The van der Waals surface area contributed by atoms with Crippen LogP contribution in [0.4, 0.5) is 5.82 Å². The Bertz CT molecular complexity index is 312. The normalized spacial score (nSPS) is 14.6. The molecule has 1 aliphatic rings. The van der Waals surface area contributed by atoms with Gasteiger partial charge < -0.3 is 10.4 Å². The van der Waals surface area contributed by atoms with Crippen molar-refractivity contribution >= 4 is 5.82 Å². The first kappa shape index (κ1) is 9.46. The van der Waals surface area contributed by atoms with Gasteiger partial charge in [-0.05, 0) is 37.3 Å². The summed E-state index contributed by atoms with van der Waals surface area (Å²) in [5.74, 6) is 1.05. The van der Waals surface area contributed by atoms with Gasteiger partial charge in [0.1, 0.15) is 5.82 Å². The predicted octanol–water partition coefficient (Wildman–Crippen LogP) is 1.36. The maximum absolute atomic E-state index is 8.72. The molecule has 0 saturated carbocycles. The SMILES string of the molecule is OCCCc1ccc2c(n1)NCCC2. The van der Waals surface area contributed by atoms with E-state index in [2.05, 4.69) is 22.4 Å². The molecule has 0 unspecified atom stereocenters. The first-order chi connectivity index (χ1) is 6.90. The van der Waals surface area contributed by atoms with E-state index in [1.807, 2.05) is 0 Å². The average molecular weight is 192 g/mol. The van der Waals surface area contributed by atoms with E-state index >= 15 is 0 Å².